The SMILES string of the molecule is CC(=O)NCc1ccc(S(=O)(=O)NCc2ccccc2)s1. The van der Waals surface area contributed by atoms with Gasteiger partial charge in [-0.2, -0.15) is 0 Å². The quantitative estimate of drug-likeness (QED) is 0.851. The van der Waals surface area contributed by atoms with Crippen LogP contribution >= 0.6 is 11.3 Å². The minimum Gasteiger partial charge on any atom is -0.351 e. The molecule has 0 aliphatic rings. The molecule has 1 heterocycles. The van der Waals surface area contributed by atoms with Gasteiger partial charge in [-0.25, -0.2) is 13.1 Å². The third-order valence-electron chi connectivity index (χ3n) is 2.72. The summed E-state index contributed by atoms with van der Waals surface area (Å²) < 4.78 is 27.2. The van der Waals surface area contributed by atoms with E-state index >= 15 is 0 Å². The van der Waals surface area contributed by atoms with Crippen molar-refractivity contribution in [1.82, 2.24) is 10.0 Å². The van der Waals surface area contributed by atoms with E-state index in [0.29, 0.717) is 6.54 Å². The molecule has 0 radical (unpaired) electrons. The third-order valence-corrected chi connectivity index (χ3v) is 5.70. The molecule has 112 valence electrons. The molecule has 5 nitrogen and oxygen atoms in total. The molecule has 0 spiro atoms. The maximum Gasteiger partial charge on any atom is 0.250 e. The fraction of sp³-hybridized carbons (Fsp3) is 0.214. The normalized spacial score (nSPS) is 11.3. The van der Waals surface area contributed by atoms with Crippen LogP contribution in [0.3, 0.4) is 0 Å². The van der Waals surface area contributed by atoms with Gasteiger partial charge in [0.05, 0.1) is 6.54 Å². The standard InChI is InChI=1S/C14H16N2O3S2/c1-11(17)15-10-13-7-8-14(20-13)21(18,19)16-9-12-5-3-2-4-6-12/h2-8,16H,9-10H2,1H3,(H,15,17). The number of carbonyl (C=O) groups excluding carboxylic acids is 1. The van der Waals surface area contributed by atoms with E-state index in [4.69, 9.17) is 0 Å². The van der Waals surface area contributed by atoms with E-state index in [1.165, 1.54) is 6.92 Å². The Bertz CT molecular complexity index is 709. The van der Waals surface area contributed by atoms with Gasteiger partial charge in [-0.05, 0) is 17.7 Å². The first-order valence-corrected chi connectivity index (χ1v) is 8.64. The molecule has 7 heteroatoms. The fourth-order valence-electron chi connectivity index (χ4n) is 1.65. The van der Waals surface area contributed by atoms with Crippen molar-refractivity contribution in [2.45, 2.75) is 24.2 Å². The number of rotatable bonds is 6. The molecule has 1 aromatic carbocycles. The van der Waals surface area contributed by atoms with Gasteiger partial charge in [0.15, 0.2) is 0 Å². The second-order valence-corrected chi connectivity index (χ2v) is 7.60. The fourth-order valence-corrected chi connectivity index (χ4v) is 4.01. The van der Waals surface area contributed by atoms with Crippen LogP contribution in [0.4, 0.5) is 0 Å². The molecule has 0 aliphatic carbocycles. The summed E-state index contributed by atoms with van der Waals surface area (Å²) in [6.45, 7) is 2.02. The van der Waals surface area contributed by atoms with Crippen molar-refractivity contribution >= 4 is 27.3 Å². The minimum atomic E-state index is -3.52. The average molecular weight is 324 g/mol. The summed E-state index contributed by atoms with van der Waals surface area (Å²) in [5, 5.41) is 2.64. The number of benzene rings is 1. The Morgan fingerprint density at radius 2 is 1.81 bits per heavy atom. The Morgan fingerprint density at radius 1 is 1.10 bits per heavy atom. The van der Waals surface area contributed by atoms with Gasteiger partial charge in [-0.15, -0.1) is 11.3 Å². The van der Waals surface area contributed by atoms with Crippen LogP contribution in [-0.4, -0.2) is 14.3 Å². The number of nitrogens with one attached hydrogen (secondary N) is 2. The molecule has 21 heavy (non-hydrogen) atoms. The van der Waals surface area contributed by atoms with Gasteiger partial charge in [-0.3, -0.25) is 4.79 Å². The molecule has 0 saturated heterocycles. The molecule has 0 unspecified atom stereocenters. The van der Waals surface area contributed by atoms with Crippen LogP contribution in [-0.2, 0) is 27.9 Å². The second kappa shape index (κ2) is 6.84. The number of hydrogen-bond donors (Lipinski definition) is 2. The zero-order valence-electron chi connectivity index (χ0n) is 11.5. The molecule has 0 fully saturated rings. The third kappa shape index (κ3) is 4.66. The first-order chi connectivity index (χ1) is 9.97. The average Bonchev–Trinajstić information content (AvgIpc) is 2.94. The van der Waals surface area contributed by atoms with Crippen LogP contribution < -0.4 is 10.0 Å². The molecule has 0 saturated carbocycles. The van der Waals surface area contributed by atoms with E-state index < -0.39 is 10.0 Å². The van der Waals surface area contributed by atoms with Gasteiger partial charge in [0.25, 0.3) is 0 Å². The Morgan fingerprint density at radius 3 is 2.48 bits per heavy atom. The molecular formula is C14H16N2O3S2. The van der Waals surface area contributed by atoms with Gasteiger partial charge in [0.1, 0.15) is 4.21 Å². The van der Waals surface area contributed by atoms with Crippen LogP contribution in [0.15, 0.2) is 46.7 Å². The molecule has 0 bridgehead atoms. The highest BCUT2D eigenvalue weighted by molar-refractivity contribution is 7.91. The van der Waals surface area contributed by atoms with E-state index in [9.17, 15) is 13.2 Å². The molecule has 0 aliphatic heterocycles. The molecular weight excluding hydrogens is 308 g/mol. The predicted octanol–water partition coefficient (Wildman–Crippen LogP) is 1.86. The van der Waals surface area contributed by atoms with Crippen molar-refractivity contribution < 1.29 is 13.2 Å². The Balaban J connectivity index is 2.01. The molecule has 2 N–H and O–H groups in total. The van der Waals surface area contributed by atoms with Crippen LogP contribution in [0.1, 0.15) is 17.4 Å². The lowest BCUT2D eigenvalue weighted by Crippen LogP contribution is -2.22. The summed E-state index contributed by atoms with van der Waals surface area (Å²) in [5.74, 6) is -0.144. The maximum atomic E-state index is 12.2. The molecule has 1 amide bonds. The number of hydrogen-bond acceptors (Lipinski definition) is 4. The maximum absolute atomic E-state index is 12.2. The second-order valence-electron chi connectivity index (χ2n) is 4.44. The van der Waals surface area contributed by atoms with E-state index in [1.807, 2.05) is 30.3 Å². The highest BCUT2D eigenvalue weighted by Gasteiger charge is 2.16. The van der Waals surface area contributed by atoms with Crippen molar-refractivity contribution in [3.8, 4) is 0 Å². The van der Waals surface area contributed by atoms with E-state index in [0.717, 1.165) is 21.8 Å². The van der Waals surface area contributed by atoms with Gasteiger partial charge in [0.2, 0.25) is 15.9 Å². The Kier molecular flexibility index (Phi) is 5.11. The molecule has 0 atom stereocenters. The molecule has 1 aromatic heterocycles. The van der Waals surface area contributed by atoms with Gasteiger partial charge >= 0.3 is 0 Å². The highest BCUT2D eigenvalue weighted by atomic mass is 32.2. The Hall–Kier alpha value is -1.70. The van der Waals surface area contributed by atoms with Crippen LogP contribution in [0.5, 0.6) is 0 Å². The van der Waals surface area contributed by atoms with Gasteiger partial charge < -0.3 is 5.32 Å². The summed E-state index contributed by atoms with van der Waals surface area (Å²) in [5.41, 5.74) is 0.899. The summed E-state index contributed by atoms with van der Waals surface area (Å²) in [6, 6.07) is 12.6. The smallest absolute Gasteiger partial charge is 0.250 e. The summed E-state index contributed by atoms with van der Waals surface area (Å²) >= 11 is 1.15. The number of thiophene rings is 1. The largest absolute Gasteiger partial charge is 0.351 e. The van der Waals surface area contributed by atoms with Crippen LogP contribution in [0, 0.1) is 0 Å². The lowest BCUT2D eigenvalue weighted by atomic mass is 10.2. The van der Waals surface area contributed by atoms with Crippen molar-refractivity contribution in [1.29, 1.82) is 0 Å². The van der Waals surface area contributed by atoms with Gasteiger partial charge in [-0.1, -0.05) is 30.3 Å². The minimum absolute atomic E-state index is 0.144. The topological polar surface area (TPSA) is 75.3 Å². The first kappa shape index (κ1) is 15.7. The summed E-state index contributed by atoms with van der Waals surface area (Å²) in [4.78, 5) is 11.6. The first-order valence-electron chi connectivity index (χ1n) is 6.34. The number of sulfonamides is 1. The van der Waals surface area contributed by atoms with Crippen molar-refractivity contribution in [2.24, 2.45) is 0 Å². The lowest BCUT2D eigenvalue weighted by molar-refractivity contribution is -0.119. The van der Waals surface area contributed by atoms with Crippen LogP contribution in [0.2, 0.25) is 0 Å². The molecule has 2 rings (SSSR count). The van der Waals surface area contributed by atoms with Crippen LogP contribution in [0.25, 0.3) is 0 Å². The monoisotopic (exact) mass is 324 g/mol. The number of carbonyl (C=O) groups is 1. The lowest BCUT2D eigenvalue weighted by Gasteiger charge is -2.04. The summed E-state index contributed by atoms with van der Waals surface area (Å²) in [7, 11) is -3.52. The van der Waals surface area contributed by atoms with Crippen molar-refractivity contribution in [2.75, 3.05) is 0 Å². The Labute approximate surface area is 128 Å². The summed E-state index contributed by atoms with van der Waals surface area (Å²) in [6.07, 6.45) is 0. The number of amides is 1. The molecule has 2 aromatic rings. The zero-order valence-corrected chi connectivity index (χ0v) is 13.1. The van der Waals surface area contributed by atoms with Crippen molar-refractivity contribution in [3.63, 3.8) is 0 Å². The van der Waals surface area contributed by atoms with E-state index in [1.54, 1.807) is 12.1 Å². The van der Waals surface area contributed by atoms with Crippen molar-refractivity contribution in [3.05, 3.63) is 52.9 Å². The van der Waals surface area contributed by atoms with E-state index in [-0.39, 0.29) is 16.7 Å². The highest BCUT2D eigenvalue weighted by Crippen LogP contribution is 2.21. The predicted molar refractivity (Wildman–Crippen MR) is 82.3 cm³/mol. The van der Waals surface area contributed by atoms with Gasteiger partial charge in [0, 0.05) is 18.3 Å². The zero-order chi connectivity index (χ0) is 15.3. The van der Waals surface area contributed by atoms with E-state index in [2.05, 4.69) is 10.0 Å².